The molecule has 0 aromatic carbocycles. The SMILES string of the molecule is CCN(CC(=O)O)C(=O)c1noc(C)n1. The average Bonchev–Trinajstić information content (AvgIpc) is 2.60. The Balaban J connectivity index is 2.77. The van der Waals surface area contributed by atoms with Crippen molar-refractivity contribution in [3.05, 3.63) is 11.7 Å². The van der Waals surface area contributed by atoms with Gasteiger partial charge in [0.25, 0.3) is 11.7 Å². The molecule has 0 fully saturated rings. The molecule has 1 aromatic heterocycles. The van der Waals surface area contributed by atoms with Crippen molar-refractivity contribution in [2.75, 3.05) is 13.1 Å². The first-order valence-electron chi connectivity index (χ1n) is 4.36. The number of aromatic nitrogens is 2. The third-order valence-corrected chi connectivity index (χ3v) is 1.71. The fourth-order valence-electron chi connectivity index (χ4n) is 1.02. The zero-order chi connectivity index (χ0) is 11.4. The zero-order valence-corrected chi connectivity index (χ0v) is 8.43. The first kappa shape index (κ1) is 11.2. The number of likely N-dealkylation sites (N-methyl/N-ethyl adjacent to an activating group) is 1. The van der Waals surface area contributed by atoms with Crippen LogP contribution in [0.4, 0.5) is 0 Å². The van der Waals surface area contributed by atoms with E-state index in [1.165, 1.54) is 0 Å². The van der Waals surface area contributed by atoms with E-state index in [2.05, 4.69) is 14.7 Å². The van der Waals surface area contributed by atoms with Gasteiger partial charge < -0.3 is 14.5 Å². The second-order valence-corrected chi connectivity index (χ2v) is 2.85. The van der Waals surface area contributed by atoms with Crippen LogP contribution in [0.5, 0.6) is 0 Å². The van der Waals surface area contributed by atoms with Crippen molar-refractivity contribution in [1.29, 1.82) is 0 Å². The molecule has 0 aliphatic carbocycles. The fraction of sp³-hybridized carbons (Fsp3) is 0.500. The van der Waals surface area contributed by atoms with Crippen molar-refractivity contribution < 1.29 is 19.2 Å². The largest absolute Gasteiger partial charge is 0.480 e. The van der Waals surface area contributed by atoms with Crippen molar-refractivity contribution in [2.45, 2.75) is 13.8 Å². The molecule has 82 valence electrons. The highest BCUT2D eigenvalue weighted by molar-refractivity contribution is 5.92. The van der Waals surface area contributed by atoms with Crippen LogP contribution in [0.2, 0.25) is 0 Å². The lowest BCUT2D eigenvalue weighted by Crippen LogP contribution is -2.36. The lowest BCUT2D eigenvalue weighted by atomic mass is 10.4. The molecule has 1 aromatic rings. The zero-order valence-electron chi connectivity index (χ0n) is 8.43. The smallest absolute Gasteiger partial charge is 0.323 e. The minimum Gasteiger partial charge on any atom is -0.480 e. The van der Waals surface area contributed by atoms with Gasteiger partial charge in [-0.05, 0) is 6.92 Å². The minimum absolute atomic E-state index is 0.115. The Morgan fingerprint density at radius 3 is 2.60 bits per heavy atom. The van der Waals surface area contributed by atoms with E-state index in [1.54, 1.807) is 13.8 Å². The van der Waals surface area contributed by atoms with E-state index in [0.29, 0.717) is 0 Å². The molecule has 1 heterocycles. The van der Waals surface area contributed by atoms with Gasteiger partial charge in [-0.15, -0.1) is 0 Å². The number of aryl methyl sites for hydroxylation is 1. The van der Waals surface area contributed by atoms with Crippen LogP contribution in [0.3, 0.4) is 0 Å². The molecule has 0 unspecified atom stereocenters. The van der Waals surface area contributed by atoms with Gasteiger partial charge in [0.2, 0.25) is 5.89 Å². The van der Waals surface area contributed by atoms with Gasteiger partial charge in [0.05, 0.1) is 0 Å². The second kappa shape index (κ2) is 4.54. The van der Waals surface area contributed by atoms with E-state index in [9.17, 15) is 9.59 Å². The number of rotatable bonds is 4. The van der Waals surface area contributed by atoms with Crippen LogP contribution < -0.4 is 0 Å². The number of hydrogen-bond acceptors (Lipinski definition) is 5. The number of aliphatic carboxylic acids is 1. The molecule has 7 nitrogen and oxygen atoms in total. The number of nitrogens with zero attached hydrogens (tertiary/aromatic N) is 3. The Hall–Kier alpha value is -1.92. The summed E-state index contributed by atoms with van der Waals surface area (Å²) < 4.78 is 4.63. The Morgan fingerprint density at radius 2 is 2.20 bits per heavy atom. The number of carboxylic acid groups (broad SMARTS) is 1. The highest BCUT2D eigenvalue weighted by Gasteiger charge is 2.21. The molecule has 7 heteroatoms. The van der Waals surface area contributed by atoms with Gasteiger partial charge in [0, 0.05) is 13.5 Å². The van der Waals surface area contributed by atoms with Gasteiger partial charge in [-0.3, -0.25) is 9.59 Å². The van der Waals surface area contributed by atoms with Crippen LogP contribution in [0.1, 0.15) is 23.4 Å². The first-order chi connectivity index (χ1) is 7.04. The number of carbonyl (C=O) groups is 2. The average molecular weight is 213 g/mol. The van der Waals surface area contributed by atoms with Crippen molar-refractivity contribution in [2.24, 2.45) is 0 Å². The Labute approximate surface area is 85.7 Å². The molecule has 0 radical (unpaired) electrons. The molecule has 0 saturated carbocycles. The molecule has 15 heavy (non-hydrogen) atoms. The maximum atomic E-state index is 11.6. The van der Waals surface area contributed by atoms with E-state index in [-0.39, 0.29) is 24.8 Å². The second-order valence-electron chi connectivity index (χ2n) is 2.85. The monoisotopic (exact) mass is 213 g/mol. The number of amides is 1. The Bertz CT molecular complexity index is 374. The molecule has 1 N–H and O–H groups in total. The van der Waals surface area contributed by atoms with Crippen LogP contribution in [0.25, 0.3) is 0 Å². The quantitative estimate of drug-likeness (QED) is 0.751. The van der Waals surface area contributed by atoms with Gasteiger partial charge >= 0.3 is 5.97 Å². The van der Waals surface area contributed by atoms with E-state index >= 15 is 0 Å². The summed E-state index contributed by atoms with van der Waals surface area (Å²) in [6, 6.07) is 0. The van der Waals surface area contributed by atoms with E-state index in [0.717, 1.165) is 4.90 Å². The predicted molar refractivity (Wildman–Crippen MR) is 48.2 cm³/mol. The maximum absolute atomic E-state index is 11.6. The highest BCUT2D eigenvalue weighted by Crippen LogP contribution is 2.01. The Kier molecular flexibility index (Phi) is 3.37. The van der Waals surface area contributed by atoms with Crippen LogP contribution in [0.15, 0.2) is 4.52 Å². The third-order valence-electron chi connectivity index (χ3n) is 1.71. The molecule has 0 aliphatic heterocycles. The summed E-state index contributed by atoms with van der Waals surface area (Å²) in [7, 11) is 0. The summed E-state index contributed by atoms with van der Waals surface area (Å²) in [6.07, 6.45) is 0. The molecule has 1 amide bonds. The van der Waals surface area contributed by atoms with Crippen LogP contribution in [0, 0.1) is 6.92 Å². The topological polar surface area (TPSA) is 96.5 Å². The van der Waals surface area contributed by atoms with Gasteiger partial charge in [0.15, 0.2) is 0 Å². The van der Waals surface area contributed by atoms with Crippen molar-refractivity contribution >= 4 is 11.9 Å². The summed E-state index contributed by atoms with van der Waals surface area (Å²) in [6.45, 7) is 3.13. The molecule has 0 atom stereocenters. The number of hydrogen-bond donors (Lipinski definition) is 1. The molecule has 0 spiro atoms. The molecule has 0 saturated heterocycles. The van der Waals surface area contributed by atoms with E-state index in [1.807, 2.05) is 0 Å². The molecule has 0 aliphatic rings. The van der Waals surface area contributed by atoms with Gasteiger partial charge in [0.1, 0.15) is 6.54 Å². The lowest BCUT2D eigenvalue weighted by molar-refractivity contribution is -0.137. The van der Waals surface area contributed by atoms with Crippen molar-refractivity contribution in [3.8, 4) is 0 Å². The molecule has 0 bridgehead atoms. The first-order valence-corrected chi connectivity index (χ1v) is 4.36. The Morgan fingerprint density at radius 1 is 1.53 bits per heavy atom. The lowest BCUT2D eigenvalue weighted by Gasteiger charge is -2.15. The maximum Gasteiger partial charge on any atom is 0.323 e. The van der Waals surface area contributed by atoms with Crippen molar-refractivity contribution in [3.63, 3.8) is 0 Å². The third kappa shape index (κ3) is 2.76. The predicted octanol–water partition coefficient (Wildman–Crippen LogP) is -0.0753. The molecule has 1 rings (SSSR count). The van der Waals surface area contributed by atoms with Gasteiger partial charge in [-0.1, -0.05) is 5.16 Å². The number of carboxylic acids is 1. The molecular formula is C8H11N3O4. The normalized spacial score (nSPS) is 10.0. The highest BCUT2D eigenvalue weighted by atomic mass is 16.5. The summed E-state index contributed by atoms with van der Waals surface area (Å²) in [5, 5.41) is 12.0. The van der Waals surface area contributed by atoms with Gasteiger partial charge in [-0.25, -0.2) is 0 Å². The van der Waals surface area contributed by atoms with Gasteiger partial charge in [-0.2, -0.15) is 4.98 Å². The van der Waals surface area contributed by atoms with E-state index in [4.69, 9.17) is 5.11 Å². The summed E-state index contributed by atoms with van der Waals surface area (Å²) in [4.78, 5) is 26.9. The summed E-state index contributed by atoms with van der Waals surface area (Å²) >= 11 is 0. The summed E-state index contributed by atoms with van der Waals surface area (Å²) in [5.41, 5.74) is 0. The standard InChI is InChI=1S/C8H11N3O4/c1-3-11(4-6(12)13)8(14)7-9-5(2)15-10-7/h3-4H2,1-2H3,(H,12,13). The minimum atomic E-state index is -1.08. The van der Waals surface area contributed by atoms with Crippen molar-refractivity contribution in [1.82, 2.24) is 15.0 Å². The van der Waals surface area contributed by atoms with Crippen LogP contribution in [-0.4, -0.2) is 45.1 Å². The summed E-state index contributed by atoms with van der Waals surface area (Å²) in [5.74, 6) is -1.47. The fourth-order valence-corrected chi connectivity index (χ4v) is 1.02. The van der Waals surface area contributed by atoms with Crippen LogP contribution >= 0.6 is 0 Å². The van der Waals surface area contributed by atoms with E-state index < -0.39 is 11.9 Å². The molecular weight excluding hydrogens is 202 g/mol. The van der Waals surface area contributed by atoms with Crippen LogP contribution in [-0.2, 0) is 4.79 Å². The number of carbonyl (C=O) groups excluding carboxylic acids is 1.